The van der Waals surface area contributed by atoms with Crippen LogP contribution in [0.15, 0.2) is 77.7 Å². The molecule has 41 heavy (non-hydrogen) atoms. The highest BCUT2D eigenvalue weighted by atomic mass is 32.2. The summed E-state index contributed by atoms with van der Waals surface area (Å²) in [5.41, 5.74) is 4.04. The maximum absolute atomic E-state index is 14.1. The predicted molar refractivity (Wildman–Crippen MR) is 163 cm³/mol. The van der Waals surface area contributed by atoms with Crippen molar-refractivity contribution in [3.8, 4) is 0 Å². The zero-order valence-electron chi connectivity index (χ0n) is 24.5. The van der Waals surface area contributed by atoms with Crippen molar-refractivity contribution in [1.29, 1.82) is 0 Å². The Balaban J connectivity index is 1.68. The molecule has 1 aliphatic rings. The number of aryl methyl sites for hydroxylation is 3. The molecule has 1 unspecified atom stereocenters. The molecule has 1 atom stereocenters. The van der Waals surface area contributed by atoms with E-state index in [1.807, 2.05) is 57.2 Å². The molecule has 0 radical (unpaired) electrons. The Kier molecular flexibility index (Phi) is 9.86. The Morgan fingerprint density at radius 2 is 1.44 bits per heavy atom. The normalized spacial score (nSPS) is 14.7. The Hall–Kier alpha value is -3.65. The fraction of sp³-hybridized carbons (Fsp3) is 0.394. The van der Waals surface area contributed by atoms with E-state index in [-0.39, 0.29) is 23.4 Å². The lowest BCUT2D eigenvalue weighted by molar-refractivity contribution is -0.139. The van der Waals surface area contributed by atoms with Gasteiger partial charge in [0, 0.05) is 12.6 Å². The Morgan fingerprint density at radius 1 is 0.854 bits per heavy atom. The molecule has 1 fully saturated rings. The summed E-state index contributed by atoms with van der Waals surface area (Å²) in [6.07, 6.45) is 5.19. The third-order valence-electron chi connectivity index (χ3n) is 7.86. The minimum atomic E-state index is -4.08. The summed E-state index contributed by atoms with van der Waals surface area (Å²) in [7, 11) is -4.08. The minimum Gasteiger partial charge on any atom is -0.352 e. The van der Waals surface area contributed by atoms with Gasteiger partial charge >= 0.3 is 0 Å². The molecule has 0 saturated heterocycles. The van der Waals surface area contributed by atoms with Crippen molar-refractivity contribution in [1.82, 2.24) is 10.2 Å². The monoisotopic (exact) mass is 575 g/mol. The van der Waals surface area contributed by atoms with Crippen molar-refractivity contribution < 1.29 is 18.0 Å². The minimum absolute atomic E-state index is 0.0976. The number of nitrogens with one attached hydrogen (secondary N) is 1. The van der Waals surface area contributed by atoms with E-state index in [4.69, 9.17) is 0 Å². The van der Waals surface area contributed by atoms with E-state index in [1.54, 1.807) is 43.3 Å². The highest BCUT2D eigenvalue weighted by Crippen LogP contribution is 2.28. The first-order valence-corrected chi connectivity index (χ1v) is 15.8. The van der Waals surface area contributed by atoms with Gasteiger partial charge in [-0.05, 0) is 69.9 Å². The molecule has 0 aliphatic heterocycles. The molecular formula is C33H41N3O4S. The first kappa shape index (κ1) is 30.3. The van der Waals surface area contributed by atoms with Gasteiger partial charge < -0.3 is 10.2 Å². The number of nitrogens with zero attached hydrogens (tertiary/aromatic N) is 2. The van der Waals surface area contributed by atoms with Crippen molar-refractivity contribution in [3.05, 3.63) is 95.1 Å². The van der Waals surface area contributed by atoms with Crippen LogP contribution in [0.1, 0.15) is 61.3 Å². The van der Waals surface area contributed by atoms with E-state index in [9.17, 15) is 18.0 Å². The average molecular weight is 576 g/mol. The van der Waals surface area contributed by atoms with Gasteiger partial charge in [0.2, 0.25) is 11.8 Å². The molecule has 4 rings (SSSR count). The number of sulfonamides is 1. The maximum atomic E-state index is 14.1. The van der Waals surface area contributed by atoms with Crippen LogP contribution in [0, 0.1) is 20.8 Å². The molecular weight excluding hydrogens is 534 g/mol. The standard InChI is InChI=1S/C33H41N3O4S/c1-24-14-18-28(19-15-24)22-35(27(4)33(38)34-29-11-6-5-7-12-29)32(37)23-36(31-13-9-8-10-26(31)3)41(39,40)30-20-16-25(2)17-21-30/h8-10,13-21,27,29H,5-7,11-12,22-23H2,1-4H3,(H,34,38). The predicted octanol–water partition coefficient (Wildman–Crippen LogP) is 5.67. The lowest BCUT2D eigenvalue weighted by Gasteiger charge is -2.33. The third kappa shape index (κ3) is 7.55. The van der Waals surface area contributed by atoms with Crippen LogP contribution in [0.2, 0.25) is 0 Å². The number of para-hydroxylation sites is 1. The van der Waals surface area contributed by atoms with Crippen LogP contribution in [-0.2, 0) is 26.2 Å². The summed E-state index contributed by atoms with van der Waals surface area (Å²) in [5, 5.41) is 3.14. The Labute approximate surface area is 244 Å². The number of rotatable bonds is 10. The van der Waals surface area contributed by atoms with Crippen molar-refractivity contribution in [3.63, 3.8) is 0 Å². The molecule has 7 nitrogen and oxygen atoms in total. The van der Waals surface area contributed by atoms with Crippen LogP contribution in [0.4, 0.5) is 5.69 Å². The summed E-state index contributed by atoms with van der Waals surface area (Å²) in [5.74, 6) is -0.669. The second-order valence-electron chi connectivity index (χ2n) is 11.1. The molecule has 3 aromatic rings. The molecule has 1 saturated carbocycles. The zero-order chi connectivity index (χ0) is 29.6. The average Bonchev–Trinajstić information content (AvgIpc) is 2.96. The number of carbonyl (C=O) groups excluding carboxylic acids is 2. The number of amides is 2. The summed E-state index contributed by atoms with van der Waals surface area (Å²) in [6, 6.07) is 20.8. The topological polar surface area (TPSA) is 86.8 Å². The van der Waals surface area contributed by atoms with Crippen molar-refractivity contribution in [2.45, 2.75) is 83.3 Å². The molecule has 0 bridgehead atoms. The largest absolute Gasteiger partial charge is 0.352 e. The molecule has 1 N–H and O–H groups in total. The lowest BCUT2D eigenvalue weighted by atomic mass is 9.95. The van der Waals surface area contributed by atoms with Crippen LogP contribution in [0.3, 0.4) is 0 Å². The first-order valence-electron chi connectivity index (χ1n) is 14.4. The van der Waals surface area contributed by atoms with E-state index in [0.717, 1.165) is 47.9 Å². The molecule has 2 amide bonds. The van der Waals surface area contributed by atoms with E-state index in [0.29, 0.717) is 5.69 Å². The van der Waals surface area contributed by atoms with Crippen LogP contribution in [0.5, 0.6) is 0 Å². The Morgan fingerprint density at radius 3 is 2.05 bits per heavy atom. The number of hydrogen-bond donors (Lipinski definition) is 1. The fourth-order valence-corrected chi connectivity index (χ4v) is 6.71. The molecule has 1 aliphatic carbocycles. The summed E-state index contributed by atoms with van der Waals surface area (Å²) >= 11 is 0. The molecule has 3 aromatic carbocycles. The quantitative estimate of drug-likeness (QED) is 0.337. The van der Waals surface area contributed by atoms with Gasteiger partial charge in [-0.15, -0.1) is 0 Å². The Bertz CT molecular complexity index is 1450. The lowest BCUT2D eigenvalue weighted by Crippen LogP contribution is -2.53. The number of benzene rings is 3. The summed E-state index contributed by atoms with van der Waals surface area (Å²) in [6.45, 7) is 7.17. The van der Waals surface area contributed by atoms with E-state index in [2.05, 4.69) is 5.32 Å². The van der Waals surface area contributed by atoms with Crippen molar-refractivity contribution >= 4 is 27.5 Å². The zero-order valence-corrected chi connectivity index (χ0v) is 25.3. The van der Waals surface area contributed by atoms with Crippen LogP contribution in [-0.4, -0.2) is 43.8 Å². The van der Waals surface area contributed by atoms with E-state index >= 15 is 0 Å². The second kappa shape index (κ2) is 13.3. The summed E-state index contributed by atoms with van der Waals surface area (Å²) < 4.78 is 29.2. The first-order chi connectivity index (χ1) is 19.6. The van der Waals surface area contributed by atoms with Gasteiger partial charge in [0.1, 0.15) is 12.6 Å². The molecule has 0 aromatic heterocycles. The number of hydrogen-bond acceptors (Lipinski definition) is 4. The molecule has 218 valence electrons. The van der Waals surface area contributed by atoms with Gasteiger partial charge in [0.05, 0.1) is 10.6 Å². The molecule has 0 spiro atoms. The highest BCUT2D eigenvalue weighted by Gasteiger charge is 2.33. The van der Waals surface area contributed by atoms with Gasteiger partial charge in [-0.3, -0.25) is 13.9 Å². The van der Waals surface area contributed by atoms with Gasteiger partial charge in [-0.2, -0.15) is 0 Å². The van der Waals surface area contributed by atoms with Crippen molar-refractivity contribution in [2.75, 3.05) is 10.8 Å². The van der Waals surface area contributed by atoms with E-state index < -0.39 is 28.5 Å². The smallest absolute Gasteiger partial charge is 0.264 e. The molecule has 0 heterocycles. The second-order valence-corrected chi connectivity index (χ2v) is 13.0. The molecule has 8 heteroatoms. The maximum Gasteiger partial charge on any atom is 0.264 e. The fourth-order valence-electron chi connectivity index (χ4n) is 5.24. The number of anilines is 1. The van der Waals surface area contributed by atoms with Gasteiger partial charge in [-0.25, -0.2) is 8.42 Å². The van der Waals surface area contributed by atoms with Gasteiger partial charge in [-0.1, -0.05) is 85.0 Å². The van der Waals surface area contributed by atoms with Crippen LogP contribution >= 0.6 is 0 Å². The SMILES string of the molecule is Cc1ccc(CN(C(=O)CN(c2ccccc2C)S(=O)(=O)c2ccc(C)cc2)C(C)C(=O)NC2CCCCC2)cc1. The van der Waals surface area contributed by atoms with Crippen LogP contribution in [0.25, 0.3) is 0 Å². The summed E-state index contributed by atoms with van der Waals surface area (Å²) in [4.78, 5) is 29.1. The van der Waals surface area contributed by atoms with E-state index in [1.165, 1.54) is 15.6 Å². The van der Waals surface area contributed by atoms with Gasteiger partial charge in [0.15, 0.2) is 0 Å². The highest BCUT2D eigenvalue weighted by molar-refractivity contribution is 7.92. The van der Waals surface area contributed by atoms with Crippen molar-refractivity contribution in [2.24, 2.45) is 0 Å². The van der Waals surface area contributed by atoms with Gasteiger partial charge in [0.25, 0.3) is 10.0 Å². The van der Waals surface area contributed by atoms with Crippen LogP contribution < -0.4 is 9.62 Å². The number of carbonyl (C=O) groups is 2. The third-order valence-corrected chi connectivity index (χ3v) is 9.64.